The van der Waals surface area contributed by atoms with E-state index in [0.717, 1.165) is 18.7 Å². The van der Waals surface area contributed by atoms with Gasteiger partial charge in [-0.15, -0.1) is 0 Å². The van der Waals surface area contributed by atoms with Crippen LogP contribution < -0.4 is 4.74 Å². The highest BCUT2D eigenvalue weighted by Crippen LogP contribution is 2.20. The average Bonchev–Trinajstić information content (AvgIpc) is 2.39. The lowest BCUT2D eigenvalue weighted by molar-refractivity contribution is 0.269. The highest BCUT2D eigenvalue weighted by atomic mass is 32.2. The van der Waals surface area contributed by atoms with Gasteiger partial charge in [0.25, 0.3) is 0 Å². The predicted octanol–water partition coefficient (Wildman–Crippen LogP) is 3.31. The van der Waals surface area contributed by atoms with Crippen LogP contribution in [0.5, 0.6) is 5.75 Å². The molecule has 0 aliphatic heterocycles. The summed E-state index contributed by atoms with van der Waals surface area (Å²) in [6.45, 7) is 5.64. The molecule has 0 spiro atoms. The number of hydrogen-bond donors (Lipinski definition) is 0. The predicted molar refractivity (Wildman–Crippen MR) is 81.8 cm³/mol. The molecule has 1 unspecified atom stereocenters. The van der Waals surface area contributed by atoms with Gasteiger partial charge in [0, 0.05) is 18.3 Å². The van der Waals surface area contributed by atoms with E-state index in [9.17, 15) is 0 Å². The summed E-state index contributed by atoms with van der Waals surface area (Å²) in [6.07, 6.45) is 1.04. The molecule has 1 atom stereocenters. The molecule has 1 rings (SSSR count). The molecule has 0 bridgehead atoms. The van der Waals surface area contributed by atoms with Crippen molar-refractivity contribution in [3.8, 4) is 5.75 Å². The lowest BCUT2D eigenvalue weighted by Crippen LogP contribution is -2.32. The Kier molecular flexibility index (Phi) is 7.21. The Morgan fingerprint density at radius 3 is 2.72 bits per heavy atom. The third-order valence-corrected chi connectivity index (χ3v) is 4.13. The first-order chi connectivity index (χ1) is 8.69. The quantitative estimate of drug-likeness (QED) is 0.671. The van der Waals surface area contributed by atoms with Crippen molar-refractivity contribution in [3.63, 3.8) is 0 Å². The van der Waals surface area contributed by atoms with E-state index in [1.165, 1.54) is 17.1 Å². The Balaban J connectivity index is 2.50. The molecular formula is C15H25NOS. The molecule has 1 aromatic rings. The zero-order chi connectivity index (χ0) is 13.4. The van der Waals surface area contributed by atoms with Crippen molar-refractivity contribution < 1.29 is 4.74 Å². The van der Waals surface area contributed by atoms with E-state index in [1.807, 2.05) is 23.9 Å². The maximum absolute atomic E-state index is 5.40. The molecule has 0 radical (unpaired) electrons. The first-order valence-corrected chi connectivity index (χ1v) is 7.74. The first kappa shape index (κ1) is 15.4. The van der Waals surface area contributed by atoms with Gasteiger partial charge in [-0.1, -0.05) is 25.1 Å². The summed E-state index contributed by atoms with van der Waals surface area (Å²) >= 11 is 2.00. The Morgan fingerprint density at radius 2 is 2.06 bits per heavy atom. The Hall–Kier alpha value is -0.670. The summed E-state index contributed by atoms with van der Waals surface area (Å²) in [4.78, 5) is 2.43. The van der Waals surface area contributed by atoms with Gasteiger partial charge in [-0.25, -0.2) is 0 Å². The molecule has 1 aromatic carbocycles. The zero-order valence-electron chi connectivity index (χ0n) is 12.0. The second kappa shape index (κ2) is 8.44. The van der Waals surface area contributed by atoms with Gasteiger partial charge < -0.3 is 9.64 Å². The fourth-order valence-corrected chi connectivity index (χ4v) is 2.62. The van der Waals surface area contributed by atoms with E-state index in [4.69, 9.17) is 4.74 Å². The average molecular weight is 267 g/mol. The molecule has 18 heavy (non-hydrogen) atoms. The molecule has 0 saturated carbocycles. The van der Waals surface area contributed by atoms with Crippen LogP contribution in [0.4, 0.5) is 0 Å². The van der Waals surface area contributed by atoms with Crippen molar-refractivity contribution in [1.82, 2.24) is 4.90 Å². The van der Waals surface area contributed by atoms with Crippen LogP contribution in [0.25, 0.3) is 0 Å². The lowest BCUT2D eigenvalue weighted by Gasteiger charge is -2.25. The van der Waals surface area contributed by atoms with E-state index in [2.05, 4.69) is 37.9 Å². The number of likely N-dealkylation sites (N-methyl/N-ethyl adjacent to an activating group) is 1. The minimum atomic E-state index is 0.541. The normalized spacial score (nSPS) is 12.7. The molecule has 0 aliphatic rings. The number of benzene rings is 1. The van der Waals surface area contributed by atoms with Crippen molar-refractivity contribution in [2.45, 2.75) is 26.3 Å². The van der Waals surface area contributed by atoms with Crippen LogP contribution in [0.15, 0.2) is 24.3 Å². The summed E-state index contributed by atoms with van der Waals surface area (Å²) in [7, 11) is 3.95. The van der Waals surface area contributed by atoms with Gasteiger partial charge in [-0.3, -0.25) is 0 Å². The van der Waals surface area contributed by atoms with E-state index in [1.54, 1.807) is 7.11 Å². The van der Waals surface area contributed by atoms with Crippen molar-refractivity contribution in [3.05, 3.63) is 29.8 Å². The van der Waals surface area contributed by atoms with Gasteiger partial charge >= 0.3 is 0 Å². The van der Waals surface area contributed by atoms with Crippen LogP contribution in [0.3, 0.4) is 0 Å². The van der Waals surface area contributed by atoms with Crippen LogP contribution in [0, 0.1) is 0 Å². The number of hydrogen-bond acceptors (Lipinski definition) is 3. The maximum Gasteiger partial charge on any atom is 0.122 e. The van der Waals surface area contributed by atoms with E-state index in [-0.39, 0.29) is 0 Å². The fourth-order valence-electron chi connectivity index (χ4n) is 1.92. The Labute approximate surface area is 116 Å². The standard InChI is InChI=1S/C15H25NOS/c1-5-18-11-10-16(3)13(2)12-14-8-6-7-9-15(14)17-4/h6-9,13H,5,10-12H2,1-4H3. The third-order valence-electron chi connectivity index (χ3n) is 3.25. The number of para-hydroxylation sites is 1. The monoisotopic (exact) mass is 267 g/mol. The minimum Gasteiger partial charge on any atom is -0.496 e. The first-order valence-electron chi connectivity index (χ1n) is 6.58. The number of nitrogens with zero attached hydrogens (tertiary/aromatic N) is 1. The Bertz CT molecular complexity index is 343. The van der Waals surface area contributed by atoms with Crippen molar-refractivity contribution in [2.75, 3.05) is 32.2 Å². The van der Waals surface area contributed by atoms with Gasteiger partial charge in [0.1, 0.15) is 5.75 Å². The van der Waals surface area contributed by atoms with Crippen LogP contribution in [0.2, 0.25) is 0 Å². The summed E-state index contributed by atoms with van der Waals surface area (Å²) in [5.74, 6) is 3.42. The van der Waals surface area contributed by atoms with E-state index in [0.29, 0.717) is 6.04 Å². The second-order valence-corrected chi connectivity index (χ2v) is 5.94. The van der Waals surface area contributed by atoms with Crippen molar-refractivity contribution in [1.29, 1.82) is 0 Å². The summed E-state index contributed by atoms with van der Waals surface area (Å²) in [5, 5.41) is 0. The molecule has 0 heterocycles. The van der Waals surface area contributed by atoms with E-state index < -0.39 is 0 Å². The van der Waals surface area contributed by atoms with Gasteiger partial charge in [0.2, 0.25) is 0 Å². The van der Waals surface area contributed by atoms with Gasteiger partial charge in [-0.05, 0) is 37.8 Å². The third kappa shape index (κ3) is 4.91. The minimum absolute atomic E-state index is 0.541. The summed E-state index contributed by atoms with van der Waals surface area (Å²) < 4.78 is 5.40. The van der Waals surface area contributed by atoms with E-state index >= 15 is 0 Å². The zero-order valence-corrected chi connectivity index (χ0v) is 12.8. The van der Waals surface area contributed by atoms with Gasteiger partial charge in [0.05, 0.1) is 7.11 Å². The number of methoxy groups -OCH3 is 1. The SMILES string of the molecule is CCSCCN(C)C(C)Cc1ccccc1OC. The molecule has 0 fully saturated rings. The molecule has 0 aromatic heterocycles. The summed E-state index contributed by atoms with van der Waals surface area (Å²) in [5.41, 5.74) is 1.29. The van der Waals surface area contributed by atoms with Crippen LogP contribution >= 0.6 is 11.8 Å². The van der Waals surface area contributed by atoms with Gasteiger partial charge in [-0.2, -0.15) is 11.8 Å². The molecule has 0 aliphatic carbocycles. The number of thioether (sulfide) groups is 1. The molecule has 3 heteroatoms. The number of rotatable bonds is 8. The molecule has 102 valence electrons. The van der Waals surface area contributed by atoms with Crippen LogP contribution in [-0.4, -0.2) is 43.1 Å². The molecule has 0 saturated heterocycles. The highest BCUT2D eigenvalue weighted by Gasteiger charge is 2.12. The Morgan fingerprint density at radius 1 is 1.33 bits per heavy atom. The highest BCUT2D eigenvalue weighted by molar-refractivity contribution is 7.99. The summed E-state index contributed by atoms with van der Waals surface area (Å²) in [6, 6.07) is 8.84. The number of ether oxygens (including phenoxy) is 1. The van der Waals surface area contributed by atoms with Crippen LogP contribution in [0.1, 0.15) is 19.4 Å². The fraction of sp³-hybridized carbons (Fsp3) is 0.600. The topological polar surface area (TPSA) is 12.5 Å². The molecule has 0 N–H and O–H groups in total. The van der Waals surface area contributed by atoms with Gasteiger partial charge in [0.15, 0.2) is 0 Å². The molecule has 0 amide bonds. The smallest absolute Gasteiger partial charge is 0.122 e. The largest absolute Gasteiger partial charge is 0.496 e. The van der Waals surface area contributed by atoms with Crippen molar-refractivity contribution >= 4 is 11.8 Å². The van der Waals surface area contributed by atoms with Crippen molar-refractivity contribution in [2.24, 2.45) is 0 Å². The van der Waals surface area contributed by atoms with Crippen LogP contribution in [-0.2, 0) is 6.42 Å². The molecular weight excluding hydrogens is 242 g/mol. The maximum atomic E-state index is 5.40. The lowest BCUT2D eigenvalue weighted by atomic mass is 10.1. The molecule has 2 nitrogen and oxygen atoms in total. The second-order valence-electron chi connectivity index (χ2n) is 4.54.